The number of aromatic nitrogens is 4. The number of fused-ring (bicyclic) bond motifs is 2. The van der Waals surface area contributed by atoms with E-state index in [0.29, 0.717) is 20.8 Å². The second-order valence-corrected chi connectivity index (χ2v) is 7.30. The van der Waals surface area contributed by atoms with Crippen molar-refractivity contribution in [2.24, 2.45) is 0 Å². The van der Waals surface area contributed by atoms with Crippen LogP contribution in [-0.2, 0) is 11.3 Å². The van der Waals surface area contributed by atoms with Gasteiger partial charge in [-0.1, -0.05) is 12.1 Å². The van der Waals surface area contributed by atoms with Crippen molar-refractivity contribution >= 4 is 38.6 Å². The number of ether oxygens (including phenoxy) is 1. The van der Waals surface area contributed by atoms with Gasteiger partial charge in [-0.05, 0) is 31.5 Å². The molecule has 29 heavy (non-hydrogen) atoms. The Labute approximate surface area is 167 Å². The van der Waals surface area contributed by atoms with Gasteiger partial charge in [0.15, 0.2) is 0 Å². The number of carbonyl (C=O) groups excluding carboxylic acids is 1. The number of alkyl halides is 2. The maximum atomic E-state index is 13.6. The number of benzene rings is 1. The van der Waals surface area contributed by atoms with E-state index in [4.69, 9.17) is 4.74 Å². The Hall–Kier alpha value is -3.14. The normalized spacial score (nSPS) is 11.6. The first-order valence-electron chi connectivity index (χ1n) is 8.82. The van der Waals surface area contributed by atoms with E-state index in [1.54, 1.807) is 38.1 Å². The van der Waals surface area contributed by atoms with Gasteiger partial charge in [0.1, 0.15) is 15.5 Å². The summed E-state index contributed by atoms with van der Waals surface area (Å²) in [4.78, 5) is 34.3. The second kappa shape index (κ2) is 7.36. The number of hydrogen-bond acceptors (Lipinski definition) is 6. The van der Waals surface area contributed by atoms with Crippen LogP contribution in [0.1, 0.15) is 34.5 Å². The minimum atomic E-state index is -2.80. The van der Waals surface area contributed by atoms with Gasteiger partial charge in [-0.2, -0.15) is 8.78 Å². The molecule has 10 heteroatoms. The Morgan fingerprint density at radius 1 is 1.31 bits per heavy atom. The lowest BCUT2D eigenvalue weighted by Gasteiger charge is -2.09. The Morgan fingerprint density at radius 3 is 2.79 bits per heavy atom. The third kappa shape index (κ3) is 3.19. The van der Waals surface area contributed by atoms with Gasteiger partial charge >= 0.3 is 12.5 Å². The van der Waals surface area contributed by atoms with Gasteiger partial charge in [0.05, 0.1) is 35.9 Å². The number of aryl methyl sites for hydroxylation is 1. The summed E-state index contributed by atoms with van der Waals surface area (Å²) in [5.41, 5.74) is 0.752. The van der Waals surface area contributed by atoms with Crippen LogP contribution in [0.3, 0.4) is 0 Å². The molecule has 0 saturated heterocycles. The van der Waals surface area contributed by atoms with Crippen molar-refractivity contribution < 1.29 is 18.3 Å². The molecule has 0 bridgehead atoms. The predicted octanol–water partition coefficient (Wildman–Crippen LogP) is 3.74. The third-order valence-electron chi connectivity index (χ3n) is 4.55. The summed E-state index contributed by atoms with van der Waals surface area (Å²) in [5, 5.41) is 0.278. The van der Waals surface area contributed by atoms with Gasteiger partial charge in [-0.3, -0.25) is 13.9 Å². The molecule has 0 saturated carbocycles. The van der Waals surface area contributed by atoms with Crippen LogP contribution < -0.4 is 5.56 Å². The first kappa shape index (κ1) is 19.2. The molecular formula is C19H16F2N4O3S. The van der Waals surface area contributed by atoms with E-state index in [-0.39, 0.29) is 29.9 Å². The zero-order valence-electron chi connectivity index (χ0n) is 15.6. The van der Waals surface area contributed by atoms with Crippen LogP contribution in [0.25, 0.3) is 21.3 Å². The number of halogens is 2. The molecule has 0 aliphatic rings. The highest BCUT2D eigenvalue weighted by Gasteiger charge is 2.22. The van der Waals surface area contributed by atoms with Crippen LogP contribution in [0.5, 0.6) is 0 Å². The van der Waals surface area contributed by atoms with E-state index < -0.39 is 18.1 Å². The molecule has 3 aromatic heterocycles. The minimum Gasteiger partial charge on any atom is -0.462 e. The van der Waals surface area contributed by atoms with Crippen molar-refractivity contribution in [1.82, 2.24) is 19.1 Å². The third-order valence-corrected chi connectivity index (χ3v) is 5.73. The number of carbonyl (C=O) groups is 1. The molecular weight excluding hydrogens is 402 g/mol. The molecule has 0 aliphatic carbocycles. The number of esters is 1. The van der Waals surface area contributed by atoms with E-state index in [2.05, 4.69) is 9.97 Å². The molecule has 4 rings (SSSR count). The highest BCUT2D eigenvalue weighted by molar-refractivity contribution is 7.20. The van der Waals surface area contributed by atoms with Crippen molar-refractivity contribution in [3.8, 4) is 0 Å². The molecule has 0 spiro atoms. The van der Waals surface area contributed by atoms with Gasteiger partial charge in [0.2, 0.25) is 0 Å². The topological polar surface area (TPSA) is 79.0 Å². The first-order valence-corrected chi connectivity index (χ1v) is 9.63. The van der Waals surface area contributed by atoms with Crippen molar-refractivity contribution in [1.29, 1.82) is 0 Å². The van der Waals surface area contributed by atoms with E-state index in [0.717, 1.165) is 15.9 Å². The number of nitrogens with zero attached hydrogens (tertiary/aromatic N) is 4. The summed E-state index contributed by atoms with van der Waals surface area (Å²) in [7, 11) is 0. The van der Waals surface area contributed by atoms with E-state index in [1.165, 1.54) is 10.9 Å². The van der Waals surface area contributed by atoms with Gasteiger partial charge in [0.25, 0.3) is 5.56 Å². The Bertz CT molecular complexity index is 1290. The summed E-state index contributed by atoms with van der Waals surface area (Å²) < 4.78 is 34.3. The monoisotopic (exact) mass is 418 g/mol. The van der Waals surface area contributed by atoms with Gasteiger partial charge in [-0.25, -0.2) is 14.8 Å². The largest absolute Gasteiger partial charge is 0.462 e. The number of para-hydroxylation sites is 2. The van der Waals surface area contributed by atoms with Crippen LogP contribution in [0.15, 0.2) is 35.4 Å². The van der Waals surface area contributed by atoms with Gasteiger partial charge in [-0.15, -0.1) is 11.3 Å². The smallest absolute Gasteiger partial charge is 0.348 e. The van der Waals surface area contributed by atoms with Gasteiger partial charge in [0, 0.05) is 0 Å². The van der Waals surface area contributed by atoms with Crippen LogP contribution in [0, 0.1) is 6.92 Å². The molecule has 1 aromatic carbocycles. The summed E-state index contributed by atoms with van der Waals surface area (Å²) >= 11 is 1.07. The van der Waals surface area contributed by atoms with Crippen molar-refractivity contribution in [3.63, 3.8) is 0 Å². The molecule has 150 valence electrons. The molecule has 0 N–H and O–H groups in total. The Balaban J connectivity index is 1.82. The predicted molar refractivity (Wildman–Crippen MR) is 105 cm³/mol. The lowest BCUT2D eigenvalue weighted by molar-refractivity contribution is 0.0531. The van der Waals surface area contributed by atoms with Crippen LogP contribution >= 0.6 is 11.3 Å². The SMILES string of the molecule is CCOC(=O)c1sc2ncn(Cc3nc4ccccc4n3C(F)F)c(=O)c2c1C. The maximum absolute atomic E-state index is 13.6. The average molecular weight is 418 g/mol. The number of thiophene rings is 1. The molecule has 0 fully saturated rings. The van der Waals surface area contributed by atoms with E-state index in [9.17, 15) is 18.4 Å². The number of hydrogen-bond donors (Lipinski definition) is 0. The maximum Gasteiger partial charge on any atom is 0.348 e. The van der Waals surface area contributed by atoms with Gasteiger partial charge < -0.3 is 4.74 Å². The Kier molecular flexibility index (Phi) is 4.87. The van der Waals surface area contributed by atoms with Crippen LogP contribution in [0.2, 0.25) is 0 Å². The summed E-state index contributed by atoms with van der Waals surface area (Å²) in [6, 6.07) is 6.55. The molecule has 0 unspecified atom stereocenters. The molecule has 3 heterocycles. The second-order valence-electron chi connectivity index (χ2n) is 6.30. The Morgan fingerprint density at radius 2 is 2.07 bits per heavy atom. The minimum absolute atomic E-state index is 0.0444. The summed E-state index contributed by atoms with van der Waals surface area (Å²) in [5.74, 6) is -0.471. The molecule has 0 amide bonds. The lowest BCUT2D eigenvalue weighted by Crippen LogP contribution is -2.23. The molecule has 0 radical (unpaired) electrons. The fourth-order valence-corrected chi connectivity index (χ4v) is 4.27. The van der Waals surface area contributed by atoms with E-state index in [1.807, 2.05) is 0 Å². The number of rotatable bonds is 5. The first-order chi connectivity index (χ1) is 13.9. The van der Waals surface area contributed by atoms with Crippen molar-refractivity contribution in [2.45, 2.75) is 26.9 Å². The average Bonchev–Trinajstić information content (AvgIpc) is 3.22. The summed E-state index contributed by atoms with van der Waals surface area (Å²) in [6.45, 7) is 0.579. The highest BCUT2D eigenvalue weighted by atomic mass is 32.1. The van der Waals surface area contributed by atoms with Crippen LogP contribution in [0.4, 0.5) is 8.78 Å². The van der Waals surface area contributed by atoms with Crippen LogP contribution in [-0.4, -0.2) is 31.7 Å². The van der Waals surface area contributed by atoms with Crippen molar-refractivity contribution in [3.05, 3.63) is 57.2 Å². The molecule has 0 atom stereocenters. The van der Waals surface area contributed by atoms with Crippen molar-refractivity contribution in [2.75, 3.05) is 6.61 Å². The standard InChI is InChI=1S/C19H16F2N4O3S/c1-3-28-18(27)15-10(2)14-16(29-15)22-9-24(17(14)26)8-13-23-11-6-4-5-7-12(11)25(13)19(20)21/h4-7,9,19H,3,8H2,1-2H3. The lowest BCUT2D eigenvalue weighted by atomic mass is 10.2. The quantitative estimate of drug-likeness (QED) is 0.462. The van der Waals surface area contributed by atoms with E-state index >= 15 is 0 Å². The molecule has 7 nitrogen and oxygen atoms in total. The fourth-order valence-electron chi connectivity index (χ4n) is 3.24. The highest BCUT2D eigenvalue weighted by Crippen LogP contribution is 2.28. The number of imidazole rings is 1. The fraction of sp³-hybridized carbons (Fsp3) is 0.263. The summed E-state index contributed by atoms with van der Waals surface area (Å²) in [6.07, 6.45) is 1.28. The zero-order chi connectivity index (χ0) is 20.7. The molecule has 0 aliphatic heterocycles. The molecule has 4 aromatic rings. The zero-order valence-corrected chi connectivity index (χ0v) is 16.4.